The van der Waals surface area contributed by atoms with Gasteiger partial charge in [0.25, 0.3) is 0 Å². The van der Waals surface area contributed by atoms with Crippen LogP contribution in [0.5, 0.6) is 11.5 Å². The number of ether oxygens (including phenoxy) is 1. The molecule has 1 aliphatic rings. The molecular formula is C48H37N4OPtS-3. The topological polar surface area (TPSA) is 33.5 Å². The molecule has 7 heteroatoms. The molecule has 0 saturated heterocycles. The molecule has 3 aromatic heterocycles. The van der Waals surface area contributed by atoms with E-state index in [0.717, 1.165) is 44.7 Å². The summed E-state index contributed by atoms with van der Waals surface area (Å²) < 4.78 is 11.4. The maximum atomic E-state index is 6.62. The van der Waals surface area contributed by atoms with Gasteiger partial charge < -0.3 is 19.1 Å². The van der Waals surface area contributed by atoms with E-state index in [2.05, 4.69) is 158 Å². The van der Waals surface area contributed by atoms with Gasteiger partial charge in [-0.25, -0.2) is 4.98 Å². The third kappa shape index (κ3) is 5.82. The van der Waals surface area contributed by atoms with Crippen molar-refractivity contribution in [1.82, 2.24) is 9.55 Å². The number of pyridine rings is 1. The van der Waals surface area contributed by atoms with E-state index in [-0.39, 0.29) is 21.1 Å². The number of rotatable bonds is 7. The average Bonchev–Trinajstić information content (AvgIpc) is 3.87. The van der Waals surface area contributed by atoms with E-state index in [1.165, 1.54) is 37.0 Å². The molecule has 0 atom stereocenters. The molecule has 1 aliphatic heterocycles. The van der Waals surface area contributed by atoms with E-state index in [1.54, 1.807) is 0 Å². The molecule has 6 aromatic carbocycles. The maximum Gasteiger partial charge on any atom is 0.135 e. The fourth-order valence-electron chi connectivity index (χ4n) is 8.02. The van der Waals surface area contributed by atoms with E-state index >= 15 is 0 Å². The van der Waals surface area contributed by atoms with Crippen LogP contribution in [0.15, 0.2) is 134 Å². The van der Waals surface area contributed by atoms with Crippen LogP contribution < -0.4 is 14.5 Å². The van der Waals surface area contributed by atoms with Gasteiger partial charge >= 0.3 is 0 Å². The van der Waals surface area contributed by atoms with Crippen LogP contribution in [0.2, 0.25) is 0 Å². The van der Waals surface area contributed by atoms with Crippen molar-refractivity contribution in [2.45, 2.75) is 39.5 Å². The zero-order valence-corrected chi connectivity index (χ0v) is 33.9. The summed E-state index contributed by atoms with van der Waals surface area (Å²) in [6.07, 6.45) is 1.85. The minimum absolute atomic E-state index is 0. The number of para-hydroxylation sites is 3. The Hall–Kier alpha value is -5.42. The van der Waals surface area contributed by atoms with Crippen LogP contribution >= 0.6 is 11.3 Å². The number of aromatic nitrogens is 2. The summed E-state index contributed by atoms with van der Waals surface area (Å²) in [5.74, 6) is 2.82. The van der Waals surface area contributed by atoms with Gasteiger partial charge in [0.2, 0.25) is 0 Å². The van der Waals surface area contributed by atoms with Crippen LogP contribution in [0.1, 0.15) is 50.7 Å². The summed E-state index contributed by atoms with van der Waals surface area (Å²) in [7, 11) is 0. The number of benzene rings is 6. The van der Waals surface area contributed by atoms with Crippen LogP contribution in [0.25, 0.3) is 47.8 Å². The molecule has 55 heavy (non-hydrogen) atoms. The SMILES string of the molecule is CC(C)c1cccc(C(C)C)c1N1[CH-]N(c2[c-]c(Oc3[c-]c4c(cc3)c3ccc5sc6ccccc6c5c3n4-c3ccccn3)ccc2)c2ccccc21.[Pt]. The Morgan fingerprint density at radius 1 is 0.618 bits per heavy atom. The largest absolute Gasteiger partial charge is 0.509 e. The molecule has 0 N–H and O–H groups in total. The van der Waals surface area contributed by atoms with Crippen LogP contribution in [-0.2, 0) is 21.1 Å². The molecule has 0 spiro atoms. The number of anilines is 4. The number of fused-ring (bicyclic) bond motifs is 8. The number of thiophene rings is 1. The van der Waals surface area contributed by atoms with E-state index < -0.39 is 0 Å². The molecule has 0 aliphatic carbocycles. The Morgan fingerprint density at radius 3 is 2.07 bits per heavy atom. The minimum atomic E-state index is 0. The molecular weight excluding hydrogens is 876 g/mol. The Balaban J connectivity index is 0.00000397. The van der Waals surface area contributed by atoms with Crippen molar-refractivity contribution in [2.24, 2.45) is 0 Å². The Kier molecular flexibility index (Phi) is 8.99. The van der Waals surface area contributed by atoms with Gasteiger partial charge in [0.15, 0.2) is 0 Å². The fourth-order valence-corrected chi connectivity index (χ4v) is 9.13. The molecule has 274 valence electrons. The van der Waals surface area contributed by atoms with E-state index in [4.69, 9.17) is 9.72 Å². The molecule has 10 rings (SSSR count). The number of nitrogens with zero attached hydrogens (tertiary/aromatic N) is 4. The van der Waals surface area contributed by atoms with Gasteiger partial charge in [0.1, 0.15) is 5.82 Å². The first kappa shape index (κ1) is 35.3. The van der Waals surface area contributed by atoms with E-state index in [9.17, 15) is 0 Å². The maximum absolute atomic E-state index is 6.62. The summed E-state index contributed by atoms with van der Waals surface area (Å²) >= 11 is 1.82. The molecule has 0 unspecified atom stereocenters. The van der Waals surface area contributed by atoms with Crippen molar-refractivity contribution >= 4 is 76.1 Å². The Labute approximate surface area is 339 Å². The molecule has 0 radical (unpaired) electrons. The summed E-state index contributed by atoms with van der Waals surface area (Å²) in [6.45, 7) is 11.3. The van der Waals surface area contributed by atoms with Gasteiger partial charge in [-0.1, -0.05) is 93.9 Å². The second-order valence-corrected chi connectivity index (χ2v) is 15.6. The molecule has 0 bridgehead atoms. The first-order valence-electron chi connectivity index (χ1n) is 18.5. The summed E-state index contributed by atoms with van der Waals surface area (Å²) in [5.41, 5.74) is 9.10. The van der Waals surface area contributed by atoms with Crippen LogP contribution in [-0.4, -0.2) is 9.55 Å². The van der Waals surface area contributed by atoms with Crippen molar-refractivity contribution in [2.75, 3.05) is 9.80 Å². The van der Waals surface area contributed by atoms with Gasteiger partial charge in [-0.15, -0.1) is 59.4 Å². The van der Waals surface area contributed by atoms with Crippen molar-refractivity contribution < 1.29 is 25.8 Å². The Morgan fingerprint density at radius 2 is 1.31 bits per heavy atom. The monoisotopic (exact) mass is 912 g/mol. The summed E-state index contributed by atoms with van der Waals surface area (Å²) in [5, 5.41) is 4.75. The van der Waals surface area contributed by atoms with Crippen molar-refractivity contribution in [3.8, 4) is 17.3 Å². The molecule has 5 nitrogen and oxygen atoms in total. The van der Waals surface area contributed by atoms with Crippen molar-refractivity contribution in [3.63, 3.8) is 0 Å². The first-order valence-corrected chi connectivity index (χ1v) is 19.3. The molecule has 4 heterocycles. The van der Waals surface area contributed by atoms with Crippen LogP contribution in [0, 0.1) is 18.8 Å². The van der Waals surface area contributed by atoms with Crippen molar-refractivity contribution in [1.29, 1.82) is 0 Å². The first-order chi connectivity index (χ1) is 26.4. The number of hydrogen-bond donors (Lipinski definition) is 0. The van der Waals surface area contributed by atoms with Gasteiger partial charge in [-0.05, 0) is 64.7 Å². The third-order valence-electron chi connectivity index (χ3n) is 10.5. The van der Waals surface area contributed by atoms with Gasteiger partial charge in [0.05, 0.1) is 5.52 Å². The molecule has 0 fully saturated rings. The second-order valence-electron chi connectivity index (χ2n) is 14.5. The number of hydrogen-bond acceptors (Lipinski definition) is 5. The zero-order valence-electron chi connectivity index (χ0n) is 30.9. The van der Waals surface area contributed by atoms with Gasteiger partial charge in [0, 0.05) is 76.0 Å². The fraction of sp³-hybridized carbons (Fsp3) is 0.125. The predicted octanol–water partition coefficient (Wildman–Crippen LogP) is 13.6. The molecule has 0 amide bonds. The van der Waals surface area contributed by atoms with Crippen LogP contribution in [0.3, 0.4) is 0 Å². The Bertz CT molecular complexity index is 2850. The van der Waals surface area contributed by atoms with E-state index in [1.807, 2.05) is 47.9 Å². The zero-order chi connectivity index (χ0) is 36.5. The normalized spacial score (nSPS) is 12.8. The van der Waals surface area contributed by atoms with Gasteiger partial charge in [-0.3, -0.25) is 0 Å². The predicted molar refractivity (Wildman–Crippen MR) is 225 cm³/mol. The van der Waals surface area contributed by atoms with Gasteiger partial charge in [-0.2, -0.15) is 12.1 Å². The molecule has 0 saturated carbocycles. The van der Waals surface area contributed by atoms with Crippen molar-refractivity contribution in [3.05, 3.63) is 164 Å². The summed E-state index contributed by atoms with van der Waals surface area (Å²) in [6, 6.07) is 52.0. The summed E-state index contributed by atoms with van der Waals surface area (Å²) in [4.78, 5) is 9.39. The minimum Gasteiger partial charge on any atom is -0.509 e. The van der Waals surface area contributed by atoms with Crippen LogP contribution in [0.4, 0.5) is 22.7 Å². The molecule has 9 aromatic rings. The third-order valence-corrected chi connectivity index (χ3v) is 11.6. The smallest absolute Gasteiger partial charge is 0.135 e. The standard InChI is InChI=1S/C48H37N4OS.Pt/c1-30(2)35-16-12-17-36(31(3)4)47(35)51-29-50(40-18-6-7-19-41(40)51)32-13-11-14-33(27-32)53-34-22-23-37-38-24-25-44-46(39-15-5-8-20-43(39)54-44)48(38)52(42(37)28-34)45-21-9-10-26-49-45;/h5-26,29-31H,1-4H3;/q-3;. The second kappa shape index (κ2) is 14.0. The van der Waals surface area contributed by atoms with E-state index in [0.29, 0.717) is 23.3 Å². The quantitative estimate of drug-likeness (QED) is 0.149. The average molecular weight is 913 g/mol.